The standard InChI is InChI=1S/C22H20BrN3O4S/c23-17-3-1-2-4-18(17)24-20(27)14-26-21(28)19(31-22(26)29)13-15-5-7-16(8-6-15)25-9-11-30-12-10-25/h1-8,13H,9-12,14H2,(H,24,27)/b19-13+. The number of rotatable bonds is 5. The van der Waals surface area contributed by atoms with Gasteiger partial charge in [-0.05, 0) is 63.6 Å². The number of anilines is 2. The lowest BCUT2D eigenvalue weighted by Gasteiger charge is -2.28. The van der Waals surface area contributed by atoms with Crippen molar-refractivity contribution in [3.05, 3.63) is 63.5 Å². The molecule has 0 atom stereocenters. The van der Waals surface area contributed by atoms with Crippen LogP contribution in [0.25, 0.3) is 6.08 Å². The molecule has 0 spiro atoms. The summed E-state index contributed by atoms with van der Waals surface area (Å²) in [6, 6.07) is 15.0. The highest BCUT2D eigenvalue weighted by molar-refractivity contribution is 9.10. The number of amides is 3. The summed E-state index contributed by atoms with van der Waals surface area (Å²) in [6.07, 6.45) is 1.68. The Kier molecular flexibility index (Phi) is 6.74. The van der Waals surface area contributed by atoms with Crippen molar-refractivity contribution >= 4 is 62.2 Å². The number of hydrogen-bond donors (Lipinski definition) is 1. The van der Waals surface area contributed by atoms with Gasteiger partial charge in [0.25, 0.3) is 11.1 Å². The molecule has 9 heteroatoms. The third-order valence-electron chi connectivity index (χ3n) is 4.89. The van der Waals surface area contributed by atoms with E-state index in [1.54, 1.807) is 24.3 Å². The number of nitrogens with one attached hydrogen (secondary N) is 1. The smallest absolute Gasteiger partial charge is 0.294 e. The molecular weight excluding hydrogens is 482 g/mol. The normalized spacial score (nSPS) is 18.0. The van der Waals surface area contributed by atoms with E-state index < -0.39 is 17.1 Å². The molecule has 1 N–H and O–H groups in total. The number of hydrogen-bond acceptors (Lipinski definition) is 6. The fourth-order valence-electron chi connectivity index (χ4n) is 3.29. The molecule has 31 heavy (non-hydrogen) atoms. The lowest BCUT2D eigenvalue weighted by molar-refractivity contribution is -0.127. The fourth-order valence-corrected chi connectivity index (χ4v) is 4.51. The Morgan fingerprint density at radius 1 is 1.10 bits per heavy atom. The Hall–Kier alpha value is -2.62. The second kappa shape index (κ2) is 9.67. The molecule has 3 amide bonds. The van der Waals surface area contributed by atoms with Crippen LogP contribution in [-0.2, 0) is 14.3 Å². The van der Waals surface area contributed by atoms with Crippen molar-refractivity contribution in [1.29, 1.82) is 0 Å². The van der Waals surface area contributed by atoms with Crippen molar-refractivity contribution in [2.24, 2.45) is 0 Å². The van der Waals surface area contributed by atoms with Crippen LogP contribution in [-0.4, -0.2) is 54.8 Å². The van der Waals surface area contributed by atoms with Gasteiger partial charge in [-0.3, -0.25) is 19.3 Å². The first-order valence-electron chi connectivity index (χ1n) is 9.74. The van der Waals surface area contributed by atoms with Gasteiger partial charge in [0, 0.05) is 23.2 Å². The van der Waals surface area contributed by atoms with Crippen LogP contribution < -0.4 is 10.2 Å². The van der Waals surface area contributed by atoms with E-state index in [0.717, 1.165) is 45.5 Å². The quantitative estimate of drug-likeness (QED) is 0.624. The van der Waals surface area contributed by atoms with Crippen LogP contribution in [0.4, 0.5) is 16.2 Å². The number of thioether (sulfide) groups is 1. The molecular formula is C22H20BrN3O4S. The van der Waals surface area contributed by atoms with Crippen LogP contribution in [0, 0.1) is 0 Å². The first-order valence-corrected chi connectivity index (χ1v) is 11.3. The number of carbonyl (C=O) groups is 3. The summed E-state index contributed by atoms with van der Waals surface area (Å²) < 4.78 is 6.09. The third-order valence-corrected chi connectivity index (χ3v) is 6.49. The molecule has 7 nitrogen and oxygen atoms in total. The number of halogens is 1. The predicted octanol–water partition coefficient (Wildman–Crippen LogP) is 3.96. The van der Waals surface area contributed by atoms with Gasteiger partial charge in [0.15, 0.2) is 0 Å². The Labute approximate surface area is 192 Å². The van der Waals surface area contributed by atoms with Crippen LogP contribution in [0.1, 0.15) is 5.56 Å². The molecule has 0 radical (unpaired) electrons. The molecule has 2 aromatic rings. The average molecular weight is 502 g/mol. The van der Waals surface area contributed by atoms with Gasteiger partial charge < -0.3 is 15.0 Å². The number of imide groups is 1. The zero-order valence-electron chi connectivity index (χ0n) is 16.5. The molecule has 2 fully saturated rings. The monoisotopic (exact) mass is 501 g/mol. The largest absolute Gasteiger partial charge is 0.378 e. The SMILES string of the molecule is O=C(CN1C(=O)S/C(=C/c2ccc(N3CCOCC3)cc2)C1=O)Nc1ccccc1Br. The summed E-state index contributed by atoms with van der Waals surface area (Å²) in [5.41, 5.74) is 2.49. The van der Waals surface area contributed by atoms with E-state index in [2.05, 4.69) is 26.1 Å². The van der Waals surface area contributed by atoms with E-state index >= 15 is 0 Å². The van der Waals surface area contributed by atoms with Crippen molar-refractivity contribution in [1.82, 2.24) is 4.90 Å². The summed E-state index contributed by atoms with van der Waals surface area (Å²) in [5.74, 6) is -0.903. The van der Waals surface area contributed by atoms with Gasteiger partial charge in [0.05, 0.1) is 23.8 Å². The zero-order chi connectivity index (χ0) is 21.8. The Bertz CT molecular complexity index is 1040. The minimum atomic E-state index is -0.463. The van der Waals surface area contributed by atoms with E-state index in [4.69, 9.17) is 4.74 Å². The van der Waals surface area contributed by atoms with Crippen molar-refractivity contribution in [2.45, 2.75) is 0 Å². The van der Waals surface area contributed by atoms with Gasteiger partial charge in [-0.15, -0.1) is 0 Å². The molecule has 4 rings (SSSR count). The topological polar surface area (TPSA) is 79.0 Å². The van der Waals surface area contributed by atoms with Crippen molar-refractivity contribution in [3.63, 3.8) is 0 Å². The van der Waals surface area contributed by atoms with Gasteiger partial charge in [0.1, 0.15) is 6.54 Å². The summed E-state index contributed by atoms with van der Waals surface area (Å²) >= 11 is 4.20. The molecule has 0 bridgehead atoms. The van der Waals surface area contributed by atoms with E-state index in [-0.39, 0.29) is 6.54 Å². The lowest BCUT2D eigenvalue weighted by atomic mass is 10.1. The number of carbonyl (C=O) groups excluding carboxylic acids is 3. The number of nitrogens with zero attached hydrogens (tertiary/aromatic N) is 2. The van der Waals surface area contributed by atoms with Crippen LogP contribution >= 0.6 is 27.7 Å². The average Bonchev–Trinajstić information content (AvgIpc) is 3.04. The van der Waals surface area contributed by atoms with Gasteiger partial charge in [-0.2, -0.15) is 0 Å². The van der Waals surface area contributed by atoms with Crippen molar-refractivity contribution in [2.75, 3.05) is 43.1 Å². The van der Waals surface area contributed by atoms with Crippen molar-refractivity contribution in [3.8, 4) is 0 Å². The van der Waals surface area contributed by atoms with Crippen LogP contribution in [0.5, 0.6) is 0 Å². The van der Waals surface area contributed by atoms with E-state index in [9.17, 15) is 14.4 Å². The van der Waals surface area contributed by atoms with Gasteiger partial charge in [0.2, 0.25) is 5.91 Å². The van der Waals surface area contributed by atoms with Gasteiger partial charge in [-0.25, -0.2) is 0 Å². The summed E-state index contributed by atoms with van der Waals surface area (Å²) in [6.45, 7) is 2.78. The molecule has 0 unspecified atom stereocenters. The minimum absolute atomic E-state index is 0.304. The fraction of sp³-hybridized carbons (Fsp3) is 0.227. The van der Waals surface area contributed by atoms with E-state index in [0.29, 0.717) is 23.8 Å². The van der Waals surface area contributed by atoms with E-state index in [1.807, 2.05) is 30.3 Å². The number of ether oxygens (including phenoxy) is 1. The third kappa shape index (κ3) is 5.17. The molecule has 0 saturated carbocycles. The molecule has 2 heterocycles. The number of benzene rings is 2. The van der Waals surface area contributed by atoms with Crippen LogP contribution in [0.3, 0.4) is 0 Å². The highest BCUT2D eigenvalue weighted by Gasteiger charge is 2.36. The molecule has 2 aliphatic heterocycles. The lowest BCUT2D eigenvalue weighted by Crippen LogP contribution is -2.36. The molecule has 2 saturated heterocycles. The molecule has 2 aliphatic rings. The second-order valence-corrected chi connectivity index (χ2v) is 8.83. The minimum Gasteiger partial charge on any atom is -0.378 e. The van der Waals surface area contributed by atoms with Crippen LogP contribution in [0.15, 0.2) is 57.9 Å². The predicted molar refractivity (Wildman–Crippen MR) is 125 cm³/mol. The highest BCUT2D eigenvalue weighted by Crippen LogP contribution is 2.32. The van der Waals surface area contributed by atoms with E-state index in [1.165, 1.54) is 0 Å². The maximum absolute atomic E-state index is 12.7. The Morgan fingerprint density at radius 3 is 2.52 bits per heavy atom. The summed E-state index contributed by atoms with van der Waals surface area (Å²) in [5, 5.41) is 2.25. The number of morpholine rings is 1. The second-order valence-electron chi connectivity index (χ2n) is 6.99. The zero-order valence-corrected chi connectivity index (χ0v) is 18.9. The van der Waals surface area contributed by atoms with Gasteiger partial charge in [-0.1, -0.05) is 24.3 Å². The first kappa shape index (κ1) is 21.6. The van der Waals surface area contributed by atoms with Gasteiger partial charge >= 0.3 is 0 Å². The Morgan fingerprint density at radius 2 is 1.81 bits per heavy atom. The Balaban J connectivity index is 1.41. The summed E-state index contributed by atoms with van der Waals surface area (Å²) in [4.78, 5) is 40.9. The highest BCUT2D eigenvalue weighted by atomic mass is 79.9. The molecule has 160 valence electrons. The number of para-hydroxylation sites is 1. The van der Waals surface area contributed by atoms with Crippen molar-refractivity contribution < 1.29 is 19.1 Å². The molecule has 2 aromatic carbocycles. The molecule has 0 aliphatic carbocycles. The summed E-state index contributed by atoms with van der Waals surface area (Å²) in [7, 11) is 0. The van der Waals surface area contributed by atoms with Crippen LogP contribution in [0.2, 0.25) is 0 Å². The molecule has 0 aromatic heterocycles. The first-order chi connectivity index (χ1) is 15.0. The maximum atomic E-state index is 12.7. The maximum Gasteiger partial charge on any atom is 0.294 e.